The van der Waals surface area contributed by atoms with Crippen molar-refractivity contribution < 1.29 is 14.6 Å². The molecule has 1 aromatic carbocycles. The average Bonchev–Trinajstić information content (AvgIpc) is 2.53. The molecule has 0 unspecified atom stereocenters. The lowest BCUT2D eigenvalue weighted by molar-refractivity contribution is 0.0681. The monoisotopic (exact) mass is 307 g/mol. The van der Waals surface area contributed by atoms with Crippen LogP contribution in [0.15, 0.2) is 24.3 Å². The molecule has 1 N–H and O–H groups in total. The largest absolute Gasteiger partial charge is 0.491 e. The van der Waals surface area contributed by atoms with Crippen molar-refractivity contribution in [1.29, 1.82) is 0 Å². The van der Waals surface area contributed by atoms with Crippen LogP contribution >= 0.6 is 0 Å². The quantitative estimate of drug-likeness (QED) is 0.638. The summed E-state index contributed by atoms with van der Waals surface area (Å²) < 4.78 is 5.61. The molecule has 124 valence electrons. The molecule has 4 heteroatoms. The van der Waals surface area contributed by atoms with Gasteiger partial charge in [0.2, 0.25) is 0 Å². The van der Waals surface area contributed by atoms with Crippen LogP contribution in [0, 0.1) is 0 Å². The second-order valence-corrected chi connectivity index (χ2v) is 5.57. The number of benzene rings is 1. The molecule has 4 nitrogen and oxygen atoms in total. The summed E-state index contributed by atoms with van der Waals surface area (Å²) in [6.45, 7) is 9.04. The minimum Gasteiger partial charge on any atom is -0.491 e. The molecule has 0 spiro atoms. The molecule has 1 rings (SSSR count). The van der Waals surface area contributed by atoms with E-state index in [1.807, 2.05) is 6.92 Å². The van der Waals surface area contributed by atoms with Crippen molar-refractivity contribution in [1.82, 2.24) is 4.90 Å². The van der Waals surface area contributed by atoms with Crippen LogP contribution in [0.25, 0.3) is 0 Å². The van der Waals surface area contributed by atoms with Gasteiger partial charge >= 0.3 is 0 Å². The molecule has 1 atom stereocenters. The third-order valence-electron chi connectivity index (χ3n) is 3.49. The summed E-state index contributed by atoms with van der Waals surface area (Å²) in [4.78, 5) is 13.8. The second-order valence-electron chi connectivity index (χ2n) is 5.57. The van der Waals surface area contributed by atoms with Gasteiger partial charge in [-0.3, -0.25) is 4.79 Å². The highest BCUT2D eigenvalue weighted by Crippen LogP contribution is 2.14. The van der Waals surface area contributed by atoms with E-state index in [4.69, 9.17) is 4.74 Å². The van der Waals surface area contributed by atoms with E-state index in [0.717, 1.165) is 25.9 Å². The number of carbonyl (C=O) groups excluding carboxylic acids is 1. The number of Topliss-reactive ketones (excluding diaryl/α,β-unsaturated/α-hetero) is 1. The summed E-state index contributed by atoms with van der Waals surface area (Å²) in [5, 5.41) is 10.1. The van der Waals surface area contributed by atoms with Crippen LogP contribution in [-0.2, 0) is 0 Å². The van der Waals surface area contributed by atoms with Crippen LogP contribution in [0.3, 0.4) is 0 Å². The Labute approximate surface area is 134 Å². The molecule has 22 heavy (non-hydrogen) atoms. The van der Waals surface area contributed by atoms with Gasteiger partial charge in [-0.2, -0.15) is 0 Å². The number of aliphatic hydroxyl groups excluding tert-OH is 1. The van der Waals surface area contributed by atoms with E-state index >= 15 is 0 Å². The van der Waals surface area contributed by atoms with Gasteiger partial charge in [-0.05, 0) is 50.2 Å². The summed E-state index contributed by atoms with van der Waals surface area (Å²) in [6.07, 6.45) is 2.17. The SMILES string of the molecule is CCCN(CCC)C[C@@H](O)COc1ccc(C(=O)CC)cc1. The van der Waals surface area contributed by atoms with Gasteiger partial charge in [0, 0.05) is 18.5 Å². The Morgan fingerprint density at radius 2 is 1.73 bits per heavy atom. The predicted molar refractivity (Wildman–Crippen MR) is 89.6 cm³/mol. The molecule has 0 saturated carbocycles. The zero-order chi connectivity index (χ0) is 16.4. The van der Waals surface area contributed by atoms with Crippen LogP contribution in [0.2, 0.25) is 0 Å². The van der Waals surface area contributed by atoms with Crippen molar-refractivity contribution >= 4 is 5.78 Å². The third kappa shape index (κ3) is 6.58. The molecule has 0 aliphatic rings. The summed E-state index contributed by atoms with van der Waals surface area (Å²) in [6, 6.07) is 7.11. The fraction of sp³-hybridized carbons (Fsp3) is 0.611. The molecule has 1 aromatic rings. The minimum absolute atomic E-state index is 0.126. The van der Waals surface area contributed by atoms with Crippen LogP contribution in [0.5, 0.6) is 5.75 Å². The maximum atomic E-state index is 11.5. The van der Waals surface area contributed by atoms with Gasteiger partial charge in [-0.1, -0.05) is 20.8 Å². The molecule has 0 fully saturated rings. The maximum Gasteiger partial charge on any atom is 0.162 e. The first-order valence-electron chi connectivity index (χ1n) is 8.27. The first-order valence-corrected chi connectivity index (χ1v) is 8.27. The van der Waals surface area contributed by atoms with E-state index in [0.29, 0.717) is 24.3 Å². The van der Waals surface area contributed by atoms with E-state index < -0.39 is 6.10 Å². The van der Waals surface area contributed by atoms with Crippen molar-refractivity contribution in [2.75, 3.05) is 26.2 Å². The second kappa shape index (κ2) is 10.4. The van der Waals surface area contributed by atoms with Gasteiger partial charge in [0.1, 0.15) is 18.5 Å². The molecule has 0 aromatic heterocycles. The lowest BCUT2D eigenvalue weighted by atomic mass is 10.1. The smallest absolute Gasteiger partial charge is 0.162 e. The number of carbonyl (C=O) groups is 1. The highest BCUT2D eigenvalue weighted by molar-refractivity contribution is 5.95. The third-order valence-corrected chi connectivity index (χ3v) is 3.49. The van der Waals surface area contributed by atoms with E-state index in [9.17, 15) is 9.90 Å². The molecule has 0 amide bonds. The van der Waals surface area contributed by atoms with Crippen molar-refractivity contribution in [3.05, 3.63) is 29.8 Å². The topological polar surface area (TPSA) is 49.8 Å². The van der Waals surface area contributed by atoms with Crippen LogP contribution in [0.4, 0.5) is 0 Å². The zero-order valence-corrected chi connectivity index (χ0v) is 14.0. The highest BCUT2D eigenvalue weighted by atomic mass is 16.5. The number of hydrogen-bond donors (Lipinski definition) is 1. The van der Waals surface area contributed by atoms with Crippen molar-refractivity contribution in [3.8, 4) is 5.75 Å². The van der Waals surface area contributed by atoms with Gasteiger partial charge in [0.05, 0.1) is 0 Å². The standard InChI is InChI=1S/C18H29NO3/c1-4-11-19(12-5-2)13-16(20)14-22-17-9-7-15(8-10-17)18(21)6-3/h7-10,16,20H,4-6,11-14H2,1-3H3/t16-/m1/s1. The molecule has 0 heterocycles. The number of nitrogens with zero attached hydrogens (tertiary/aromatic N) is 1. The van der Waals surface area contributed by atoms with Gasteiger partial charge in [0.15, 0.2) is 5.78 Å². The number of aliphatic hydroxyl groups is 1. The van der Waals surface area contributed by atoms with Crippen molar-refractivity contribution in [2.24, 2.45) is 0 Å². The lowest BCUT2D eigenvalue weighted by Crippen LogP contribution is -2.36. The van der Waals surface area contributed by atoms with Crippen molar-refractivity contribution in [2.45, 2.75) is 46.1 Å². The molecule has 0 aliphatic carbocycles. The first-order chi connectivity index (χ1) is 10.6. The number of ketones is 1. The maximum absolute atomic E-state index is 11.5. The first kappa shape index (κ1) is 18.7. The average molecular weight is 307 g/mol. The van der Waals surface area contributed by atoms with E-state index in [2.05, 4.69) is 18.7 Å². The summed E-state index contributed by atoms with van der Waals surface area (Å²) in [7, 11) is 0. The minimum atomic E-state index is -0.505. The Bertz CT molecular complexity index is 424. The highest BCUT2D eigenvalue weighted by Gasteiger charge is 2.11. The van der Waals surface area contributed by atoms with Gasteiger partial charge < -0.3 is 14.7 Å². The normalized spacial score (nSPS) is 12.4. The number of rotatable bonds is 11. The predicted octanol–water partition coefficient (Wildman–Crippen LogP) is 3.14. The number of hydrogen-bond acceptors (Lipinski definition) is 4. The summed E-state index contributed by atoms with van der Waals surface area (Å²) in [5.41, 5.74) is 0.701. The van der Waals surface area contributed by atoms with Crippen LogP contribution in [-0.4, -0.2) is 48.1 Å². The Hall–Kier alpha value is -1.39. The van der Waals surface area contributed by atoms with Gasteiger partial charge in [-0.25, -0.2) is 0 Å². The Morgan fingerprint density at radius 3 is 2.23 bits per heavy atom. The Balaban J connectivity index is 2.42. The van der Waals surface area contributed by atoms with Crippen molar-refractivity contribution in [3.63, 3.8) is 0 Å². The molecule has 0 radical (unpaired) electrons. The molecule has 0 bridgehead atoms. The molecular formula is C18H29NO3. The van der Waals surface area contributed by atoms with E-state index in [1.165, 1.54) is 0 Å². The Morgan fingerprint density at radius 1 is 1.14 bits per heavy atom. The summed E-state index contributed by atoms with van der Waals surface area (Å²) in [5.74, 6) is 0.811. The summed E-state index contributed by atoms with van der Waals surface area (Å²) >= 11 is 0. The lowest BCUT2D eigenvalue weighted by Gasteiger charge is -2.24. The molecule has 0 saturated heterocycles. The molecular weight excluding hydrogens is 278 g/mol. The van der Waals surface area contributed by atoms with Crippen LogP contribution in [0.1, 0.15) is 50.4 Å². The molecule has 0 aliphatic heterocycles. The zero-order valence-electron chi connectivity index (χ0n) is 14.0. The Kier molecular flexibility index (Phi) is 8.78. The van der Waals surface area contributed by atoms with E-state index in [-0.39, 0.29) is 12.4 Å². The van der Waals surface area contributed by atoms with Gasteiger partial charge in [-0.15, -0.1) is 0 Å². The van der Waals surface area contributed by atoms with Crippen LogP contribution < -0.4 is 4.74 Å². The number of ether oxygens (including phenoxy) is 1. The fourth-order valence-electron chi connectivity index (χ4n) is 2.41. The fourth-order valence-corrected chi connectivity index (χ4v) is 2.41. The van der Waals surface area contributed by atoms with Gasteiger partial charge in [0.25, 0.3) is 0 Å². The van der Waals surface area contributed by atoms with E-state index in [1.54, 1.807) is 24.3 Å².